The average molecular weight is 302 g/mol. The number of amides is 1. The summed E-state index contributed by atoms with van der Waals surface area (Å²) >= 11 is 7.63. The lowest BCUT2D eigenvalue weighted by molar-refractivity contribution is -0.121. The van der Waals surface area contributed by atoms with Crippen LogP contribution >= 0.6 is 28.6 Å². The van der Waals surface area contributed by atoms with E-state index in [4.69, 9.17) is 0 Å². The number of carbonyl (C=O) groups excluding carboxylic acids is 1. The Morgan fingerprint density at radius 2 is 1.94 bits per heavy atom. The minimum atomic E-state index is -0.240. The Balaban J connectivity index is 2.46. The van der Waals surface area contributed by atoms with Gasteiger partial charge in [-0.3, -0.25) is 4.79 Å². The van der Waals surface area contributed by atoms with Crippen molar-refractivity contribution in [3.8, 4) is 0 Å². The van der Waals surface area contributed by atoms with Gasteiger partial charge in [-0.2, -0.15) is 12.6 Å². The van der Waals surface area contributed by atoms with Crippen molar-refractivity contribution in [1.82, 2.24) is 5.32 Å². The fraction of sp³-hybridized carbons (Fsp3) is 0.417. The molecule has 0 bridgehead atoms. The maximum Gasteiger partial charge on any atom is 0.233 e. The molecule has 1 amide bonds. The predicted molar refractivity (Wildman–Crippen MR) is 73.6 cm³/mol. The van der Waals surface area contributed by atoms with Crippen molar-refractivity contribution in [2.24, 2.45) is 5.92 Å². The Bertz CT molecular complexity index is 351. The summed E-state index contributed by atoms with van der Waals surface area (Å²) in [6.45, 7) is 4.52. The highest BCUT2D eigenvalue weighted by Crippen LogP contribution is 2.11. The molecular weight excluding hydrogens is 286 g/mol. The molecular formula is C12H16BrNOS. The van der Waals surface area contributed by atoms with E-state index in [-0.39, 0.29) is 17.1 Å². The number of hydrogen-bond donors (Lipinski definition) is 2. The highest BCUT2D eigenvalue weighted by molar-refractivity contribution is 9.10. The van der Waals surface area contributed by atoms with Gasteiger partial charge >= 0.3 is 0 Å². The summed E-state index contributed by atoms with van der Waals surface area (Å²) < 4.78 is 1.04. The summed E-state index contributed by atoms with van der Waals surface area (Å²) in [5, 5.41) is 2.63. The van der Waals surface area contributed by atoms with Crippen molar-refractivity contribution in [2.75, 3.05) is 0 Å². The van der Waals surface area contributed by atoms with Gasteiger partial charge in [-0.1, -0.05) is 41.9 Å². The summed E-state index contributed by atoms with van der Waals surface area (Å²) in [7, 11) is 0. The van der Waals surface area contributed by atoms with Crippen LogP contribution < -0.4 is 5.32 Å². The summed E-state index contributed by atoms with van der Waals surface area (Å²) in [5.74, 6) is 0.231. The third-order valence-electron chi connectivity index (χ3n) is 2.28. The number of carbonyl (C=O) groups is 1. The second kappa shape index (κ2) is 6.30. The Morgan fingerprint density at radius 3 is 2.44 bits per heavy atom. The third kappa shape index (κ3) is 4.18. The number of nitrogens with one attached hydrogen (secondary N) is 1. The molecule has 0 radical (unpaired) electrons. The van der Waals surface area contributed by atoms with Gasteiger partial charge in [0.25, 0.3) is 0 Å². The summed E-state index contributed by atoms with van der Waals surface area (Å²) in [6.07, 6.45) is 0. The molecule has 1 aromatic carbocycles. The second-order valence-corrected chi connectivity index (χ2v) is 5.51. The number of rotatable bonds is 4. The second-order valence-electron chi connectivity index (χ2n) is 4.03. The maximum atomic E-state index is 11.6. The molecule has 1 unspecified atom stereocenters. The van der Waals surface area contributed by atoms with Crippen LogP contribution in [0.2, 0.25) is 0 Å². The van der Waals surface area contributed by atoms with Crippen LogP contribution in [0.5, 0.6) is 0 Å². The van der Waals surface area contributed by atoms with Gasteiger partial charge in [0.15, 0.2) is 0 Å². The minimum absolute atomic E-state index is 0.0127. The normalized spacial score (nSPS) is 12.6. The average Bonchev–Trinajstić information content (AvgIpc) is 2.26. The number of hydrogen-bond acceptors (Lipinski definition) is 2. The van der Waals surface area contributed by atoms with Gasteiger partial charge in [0, 0.05) is 11.0 Å². The molecule has 0 spiro atoms. The van der Waals surface area contributed by atoms with E-state index in [9.17, 15) is 4.79 Å². The zero-order valence-corrected chi connectivity index (χ0v) is 11.9. The van der Waals surface area contributed by atoms with Crippen molar-refractivity contribution in [2.45, 2.75) is 25.6 Å². The predicted octanol–water partition coefficient (Wildman–Crippen LogP) is 3.02. The quantitative estimate of drug-likeness (QED) is 0.823. The van der Waals surface area contributed by atoms with Gasteiger partial charge in [0.1, 0.15) is 0 Å². The van der Waals surface area contributed by atoms with E-state index >= 15 is 0 Å². The molecule has 0 saturated carbocycles. The number of benzene rings is 1. The number of halogens is 1. The van der Waals surface area contributed by atoms with Crippen molar-refractivity contribution in [3.63, 3.8) is 0 Å². The topological polar surface area (TPSA) is 29.1 Å². The highest BCUT2D eigenvalue weighted by atomic mass is 79.9. The minimum Gasteiger partial charge on any atom is -0.351 e. The van der Waals surface area contributed by atoms with Gasteiger partial charge in [-0.05, 0) is 23.6 Å². The molecule has 0 aliphatic heterocycles. The molecule has 2 nitrogen and oxygen atoms in total. The Labute approximate surface area is 110 Å². The Kier molecular flexibility index (Phi) is 5.35. The van der Waals surface area contributed by atoms with Crippen LogP contribution in [0.15, 0.2) is 28.7 Å². The first-order valence-corrected chi connectivity index (χ1v) is 6.52. The molecule has 0 heterocycles. The van der Waals surface area contributed by atoms with Crippen LogP contribution in [0.1, 0.15) is 19.4 Å². The van der Waals surface area contributed by atoms with E-state index in [1.165, 1.54) is 0 Å². The van der Waals surface area contributed by atoms with E-state index in [2.05, 4.69) is 33.9 Å². The van der Waals surface area contributed by atoms with E-state index in [0.29, 0.717) is 6.54 Å². The molecule has 0 aromatic heterocycles. The zero-order valence-electron chi connectivity index (χ0n) is 9.40. The van der Waals surface area contributed by atoms with E-state index in [0.717, 1.165) is 10.0 Å². The molecule has 1 rings (SSSR count). The third-order valence-corrected chi connectivity index (χ3v) is 3.64. The smallest absolute Gasteiger partial charge is 0.233 e. The largest absolute Gasteiger partial charge is 0.351 e. The molecule has 1 aromatic rings. The first kappa shape index (κ1) is 13.6. The fourth-order valence-corrected chi connectivity index (χ4v) is 1.55. The van der Waals surface area contributed by atoms with Gasteiger partial charge in [-0.25, -0.2) is 0 Å². The first-order chi connectivity index (χ1) is 7.50. The van der Waals surface area contributed by atoms with Crippen LogP contribution in [0.25, 0.3) is 0 Å². The summed E-state index contributed by atoms with van der Waals surface area (Å²) in [6, 6.07) is 7.88. The zero-order chi connectivity index (χ0) is 12.1. The van der Waals surface area contributed by atoms with Crippen molar-refractivity contribution < 1.29 is 4.79 Å². The Morgan fingerprint density at radius 1 is 1.38 bits per heavy atom. The van der Waals surface area contributed by atoms with Crippen LogP contribution in [-0.2, 0) is 11.3 Å². The van der Waals surface area contributed by atoms with E-state index in [1.54, 1.807) is 0 Å². The van der Waals surface area contributed by atoms with Crippen LogP contribution in [0, 0.1) is 5.92 Å². The lowest BCUT2D eigenvalue weighted by atomic mass is 10.1. The standard InChI is InChI=1S/C12H16BrNOS/c1-8(2)11(16)12(15)14-7-9-3-5-10(13)6-4-9/h3-6,8,11,16H,7H2,1-2H3,(H,14,15). The van der Waals surface area contributed by atoms with Crippen molar-refractivity contribution >= 4 is 34.5 Å². The van der Waals surface area contributed by atoms with Crippen LogP contribution in [-0.4, -0.2) is 11.2 Å². The fourth-order valence-electron chi connectivity index (χ4n) is 1.20. The lowest BCUT2D eigenvalue weighted by Gasteiger charge is -2.14. The molecule has 1 atom stereocenters. The van der Waals surface area contributed by atoms with Gasteiger partial charge < -0.3 is 5.32 Å². The summed E-state index contributed by atoms with van der Waals surface area (Å²) in [4.78, 5) is 11.6. The summed E-state index contributed by atoms with van der Waals surface area (Å²) in [5.41, 5.74) is 1.08. The SMILES string of the molecule is CC(C)C(S)C(=O)NCc1ccc(Br)cc1. The molecule has 88 valence electrons. The molecule has 4 heteroatoms. The maximum absolute atomic E-state index is 11.6. The molecule has 1 N–H and O–H groups in total. The molecule has 16 heavy (non-hydrogen) atoms. The molecule has 0 aliphatic rings. The van der Waals surface area contributed by atoms with Crippen molar-refractivity contribution in [3.05, 3.63) is 34.3 Å². The van der Waals surface area contributed by atoms with Gasteiger partial charge in [-0.15, -0.1) is 0 Å². The van der Waals surface area contributed by atoms with E-state index in [1.807, 2.05) is 38.1 Å². The first-order valence-electron chi connectivity index (χ1n) is 5.21. The Hall–Kier alpha value is -0.480. The van der Waals surface area contributed by atoms with Crippen molar-refractivity contribution in [1.29, 1.82) is 0 Å². The molecule has 0 aliphatic carbocycles. The monoisotopic (exact) mass is 301 g/mol. The van der Waals surface area contributed by atoms with Crippen LogP contribution in [0.4, 0.5) is 0 Å². The number of thiol groups is 1. The van der Waals surface area contributed by atoms with Gasteiger partial charge in [0.05, 0.1) is 5.25 Å². The molecule has 0 saturated heterocycles. The highest BCUT2D eigenvalue weighted by Gasteiger charge is 2.16. The van der Waals surface area contributed by atoms with E-state index < -0.39 is 0 Å². The lowest BCUT2D eigenvalue weighted by Crippen LogP contribution is -2.33. The van der Waals surface area contributed by atoms with Crippen LogP contribution in [0.3, 0.4) is 0 Å². The van der Waals surface area contributed by atoms with Gasteiger partial charge in [0.2, 0.25) is 5.91 Å². The molecule has 0 fully saturated rings.